The summed E-state index contributed by atoms with van der Waals surface area (Å²) in [5.41, 5.74) is 5.57. The van der Waals surface area contributed by atoms with Crippen molar-refractivity contribution in [1.29, 1.82) is 0 Å². The van der Waals surface area contributed by atoms with Crippen LogP contribution in [0.4, 0.5) is 0 Å². The van der Waals surface area contributed by atoms with E-state index in [1.807, 2.05) is 0 Å². The normalized spacial score (nSPS) is 12.5. The van der Waals surface area contributed by atoms with E-state index < -0.39 is 12.0 Å². The van der Waals surface area contributed by atoms with Crippen LogP contribution in [-0.4, -0.2) is 22.8 Å². The predicted octanol–water partition coefficient (Wildman–Crippen LogP) is 0.409. The van der Waals surface area contributed by atoms with Gasteiger partial charge in [-0.25, -0.2) is 4.79 Å². The standard InChI is InChI=1S/C7H11N3O2S/c1-3-12-7(11)5(8)6-10-9-4(2)13-6/h5H,3,8H2,1-2H3. The smallest absolute Gasteiger partial charge is 0.330 e. The first-order chi connectivity index (χ1) is 6.15. The van der Waals surface area contributed by atoms with Crippen molar-refractivity contribution in [2.75, 3.05) is 6.61 Å². The van der Waals surface area contributed by atoms with Gasteiger partial charge in [0.15, 0.2) is 6.04 Å². The van der Waals surface area contributed by atoms with Gasteiger partial charge in [0.25, 0.3) is 0 Å². The van der Waals surface area contributed by atoms with Gasteiger partial charge in [-0.15, -0.1) is 10.2 Å². The Morgan fingerprint density at radius 3 is 2.85 bits per heavy atom. The molecule has 0 radical (unpaired) electrons. The predicted molar refractivity (Wildman–Crippen MR) is 48.2 cm³/mol. The second-order valence-corrected chi connectivity index (χ2v) is 3.60. The summed E-state index contributed by atoms with van der Waals surface area (Å²) in [6, 6.07) is -0.800. The molecular formula is C7H11N3O2S. The van der Waals surface area contributed by atoms with Crippen molar-refractivity contribution in [3.05, 3.63) is 10.0 Å². The highest BCUT2D eigenvalue weighted by Gasteiger charge is 2.20. The van der Waals surface area contributed by atoms with E-state index in [-0.39, 0.29) is 0 Å². The van der Waals surface area contributed by atoms with Crippen LogP contribution in [0, 0.1) is 6.92 Å². The zero-order chi connectivity index (χ0) is 9.84. The number of aryl methyl sites for hydroxylation is 1. The first-order valence-corrected chi connectivity index (χ1v) is 4.69. The molecule has 1 aromatic rings. The quantitative estimate of drug-likeness (QED) is 0.716. The molecule has 0 amide bonds. The van der Waals surface area contributed by atoms with Gasteiger partial charge in [0.2, 0.25) is 0 Å². The number of nitrogens with zero attached hydrogens (tertiary/aromatic N) is 2. The Balaban J connectivity index is 2.67. The third kappa shape index (κ3) is 2.46. The molecule has 0 saturated heterocycles. The molecule has 0 aliphatic carbocycles. The van der Waals surface area contributed by atoms with E-state index in [4.69, 9.17) is 10.5 Å². The number of rotatable bonds is 3. The molecule has 1 atom stereocenters. The summed E-state index contributed by atoms with van der Waals surface area (Å²) in [5.74, 6) is -0.460. The lowest BCUT2D eigenvalue weighted by Crippen LogP contribution is -2.23. The molecule has 0 aliphatic heterocycles. The third-order valence-electron chi connectivity index (χ3n) is 1.35. The van der Waals surface area contributed by atoms with E-state index in [0.29, 0.717) is 11.6 Å². The number of esters is 1. The van der Waals surface area contributed by atoms with Crippen LogP contribution in [-0.2, 0) is 9.53 Å². The Kier molecular flexibility index (Phi) is 3.32. The Hall–Kier alpha value is -1.01. The average molecular weight is 201 g/mol. The highest BCUT2D eigenvalue weighted by Crippen LogP contribution is 2.16. The molecule has 0 bridgehead atoms. The average Bonchev–Trinajstić information content (AvgIpc) is 2.51. The molecule has 2 N–H and O–H groups in total. The van der Waals surface area contributed by atoms with Gasteiger partial charge < -0.3 is 10.5 Å². The van der Waals surface area contributed by atoms with Crippen LogP contribution in [0.1, 0.15) is 23.0 Å². The van der Waals surface area contributed by atoms with Crippen molar-refractivity contribution in [1.82, 2.24) is 10.2 Å². The second kappa shape index (κ2) is 4.29. The Morgan fingerprint density at radius 2 is 2.38 bits per heavy atom. The summed E-state index contributed by atoms with van der Waals surface area (Å²) in [4.78, 5) is 11.1. The van der Waals surface area contributed by atoms with Crippen LogP contribution in [0.2, 0.25) is 0 Å². The van der Waals surface area contributed by atoms with Gasteiger partial charge in [0.05, 0.1) is 6.61 Å². The van der Waals surface area contributed by atoms with Gasteiger partial charge in [-0.2, -0.15) is 0 Å². The van der Waals surface area contributed by atoms with Gasteiger partial charge >= 0.3 is 5.97 Å². The minimum Gasteiger partial charge on any atom is -0.465 e. The number of carbonyl (C=O) groups is 1. The monoisotopic (exact) mass is 201 g/mol. The molecule has 1 unspecified atom stereocenters. The van der Waals surface area contributed by atoms with Crippen molar-refractivity contribution in [3.8, 4) is 0 Å². The Labute approximate surface area is 79.9 Å². The summed E-state index contributed by atoms with van der Waals surface area (Å²) in [6.45, 7) is 3.86. The first kappa shape index (κ1) is 10.1. The summed E-state index contributed by atoms with van der Waals surface area (Å²) < 4.78 is 4.74. The maximum absolute atomic E-state index is 11.1. The molecule has 1 rings (SSSR count). The molecule has 13 heavy (non-hydrogen) atoms. The lowest BCUT2D eigenvalue weighted by molar-refractivity contribution is -0.144. The Morgan fingerprint density at radius 1 is 1.69 bits per heavy atom. The van der Waals surface area contributed by atoms with E-state index in [1.165, 1.54) is 11.3 Å². The second-order valence-electron chi connectivity index (χ2n) is 2.39. The van der Waals surface area contributed by atoms with E-state index in [0.717, 1.165) is 5.01 Å². The van der Waals surface area contributed by atoms with E-state index in [2.05, 4.69) is 10.2 Å². The summed E-state index contributed by atoms with van der Waals surface area (Å²) in [7, 11) is 0. The molecule has 5 nitrogen and oxygen atoms in total. The Bertz CT molecular complexity index is 300. The van der Waals surface area contributed by atoms with Crippen LogP contribution in [0.3, 0.4) is 0 Å². The van der Waals surface area contributed by atoms with Crippen LogP contribution in [0.15, 0.2) is 0 Å². The summed E-state index contributed by atoms with van der Waals surface area (Å²) in [5, 5.41) is 8.81. The number of carbonyl (C=O) groups excluding carboxylic acids is 1. The summed E-state index contributed by atoms with van der Waals surface area (Å²) in [6.07, 6.45) is 0. The van der Waals surface area contributed by atoms with Crippen LogP contribution < -0.4 is 5.73 Å². The SMILES string of the molecule is CCOC(=O)C(N)c1nnc(C)s1. The molecular weight excluding hydrogens is 190 g/mol. The van der Waals surface area contributed by atoms with Gasteiger partial charge in [-0.05, 0) is 13.8 Å². The van der Waals surface area contributed by atoms with E-state index >= 15 is 0 Å². The van der Waals surface area contributed by atoms with Crippen LogP contribution in [0.25, 0.3) is 0 Å². The number of aromatic nitrogens is 2. The number of hydrogen-bond donors (Lipinski definition) is 1. The van der Waals surface area contributed by atoms with Gasteiger partial charge in [-0.3, -0.25) is 0 Å². The molecule has 0 spiro atoms. The fraction of sp³-hybridized carbons (Fsp3) is 0.571. The highest BCUT2D eigenvalue weighted by molar-refractivity contribution is 7.11. The molecule has 0 saturated carbocycles. The first-order valence-electron chi connectivity index (χ1n) is 3.87. The molecule has 0 aliphatic rings. The maximum atomic E-state index is 11.1. The molecule has 6 heteroatoms. The molecule has 0 aromatic carbocycles. The van der Waals surface area contributed by atoms with Gasteiger partial charge in [0, 0.05) is 0 Å². The van der Waals surface area contributed by atoms with E-state index in [1.54, 1.807) is 13.8 Å². The van der Waals surface area contributed by atoms with Gasteiger partial charge in [-0.1, -0.05) is 11.3 Å². The number of nitrogens with two attached hydrogens (primary N) is 1. The number of ether oxygens (including phenoxy) is 1. The highest BCUT2D eigenvalue weighted by atomic mass is 32.1. The molecule has 72 valence electrons. The zero-order valence-electron chi connectivity index (χ0n) is 7.48. The molecule has 0 fully saturated rings. The minimum absolute atomic E-state index is 0.324. The number of hydrogen-bond acceptors (Lipinski definition) is 6. The molecule has 1 aromatic heterocycles. The van der Waals surface area contributed by atoms with Gasteiger partial charge in [0.1, 0.15) is 10.0 Å². The lowest BCUT2D eigenvalue weighted by Gasteiger charge is -2.05. The van der Waals surface area contributed by atoms with Crippen LogP contribution >= 0.6 is 11.3 Å². The van der Waals surface area contributed by atoms with Crippen molar-refractivity contribution >= 4 is 17.3 Å². The van der Waals surface area contributed by atoms with E-state index in [9.17, 15) is 4.79 Å². The van der Waals surface area contributed by atoms with Crippen molar-refractivity contribution < 1.29 is 9.53 Å². The minimum atomic E-state index is -0.800. The zero-order valence-corrected chi connectivity index (χ0v) is 8.30. The fourth-order valence-corrected chi connectivity index (χ4v) is 1.46. The van der Waals surface area contributed by atoms with Crippen molar-refractivity contribution in [3.63, 3.8) is 0 Å². The van der Waals surface area contributed by atoms with Crippen molar-refractivity contribution in [2.24, 2.45) is 5.73 Å². The van der Waals surface area contributed by atoms with Crippen molar-refractivity contribution in [2.45, 2.75) is 19.9 Å². The largest absolute Gasteiger partial charge is 0.465 e. The fourth-order valence-electron chi connectivity index (χ4n) is 0.770. The maximum Gasteiger partial charge on any atom is 0.330 e. The molecule has 1 heterocycles. The summed E-state index contributed by atoms with van der Waals surface area (Å²) >= 11 is 1.30. The third-order valence-corrected chi connectivity index (χ3v) is 2.27. The van der Waals surface area contributed by atoms with Crippen LogP contribution in [0.5, 0.6) is 0 Å². The topological polar surface area (TPSA) is 78.1 Å². The lowest BCUT2D eigenvalue weighted by atomic mass is 10.3.